The number of halogens is 1. The van der Waals surface area contributed by atoms with Crippen molar-refractivity contribution in [3.05, 3.63) is 115 Å². The number of rotatable bonds is 8. The lowest BCUT2D eigenvalue weighted by Gasteiger charge is -2.18. The summed E-state index contributed by atoms with van der Waals surface area (Å²) in [6, 6.07) is 29.7. The molecule has 0 radical (unpaired) electrons. The number of benzene rings is 4. The van der Waals surface area contributed by atoms with Gasteiger partial charge >= 0.3 is 0 Å². The van der Waals surface area contributed by atoms with E-state index < -0.39 is 6.10 Å². The number of amides is 2. The van der Waals surface area contributed by atoms with Crippen molar-refractivity contribution in [1.82, 2.24) is 0 Å². The number of carbonyl (C=O) groups is 2. The molecule has 0 aliphatic rings. The van der Waals surface area contributed by atoms with Gasteiger partial charge in [-0.3, -0.25) is 9.59 Å². The third-order valence-corrected chi connectivity index (χ3v) is 5.40. The fourth-order valence-electron chi connectivity index (χ4n) is 3.54. The molecule has 0 fully saturated rings. The van der Waals surface area contributed by atoms with Crippen LogP contribution in [0.3, 0.4) is 0 Å². The molecule has 2 amide bonds. The highest BCUT2D eigenvalue weighted by atomic mass is 19.1. The molecule has 0 saturated heterocycles. The van der Waals surface area contributed by atoms with Gasteiger partial charge in [0.05, 0.1) is 0 Å². The minimum absolute atomic E-state index is 0.310. The molecule has 5 nitrogen and oxygen atoms in total. The monoisotopic (exact) mass is 468 g/mol. The van der Waals surface area contributed by atoms with Crippen LogP contribution in [0.15, 0.2) is 103 Å². The summed E-state index contributed by atoms with van der Waals surface area (Å²) in [5, 5.41) is 5.53. The van der Waals surface area contributed by atoms with E-state index in [1.54, 1.807) is 24.3 Å². The predicted molar refractivity (Wildman–Crippen MR) is 136 cm³/mol. The second-order valence-electron chi connectivity index (χ2n) is 7.94. The summed E-state index contributed by atoms with van der Waals surface area (Å²) in [6.45, 7) is 1.87. The summed E-state index contributed by atoms with van der Waals surface area (Å²) in [5.74, 6) is -0.461. The molecule has 1 unspecified atom stereocenters. The number of hydrogen-bond acceptors (Lipinski definition) is 3. The van der Waals surface area contributed by atoms with Gasteiger partial charge in [0.1, 0.15) is 11.6 Å². The Morgan fingerprint density at radius 3 is 2.14 bits per heavy atom. The van der Waals surface area contributed by atoms with Crippen molar-refractivity contribution in [3.8, 4) is 16.9 Å². The van der Waals surface area contributed by atoms with Gasteiger partial charge in [-0.25, -0.2) is 4.39 Å². The van der Waals surface area contributed by atoms with Gasteiger partial charge < -0.3 is 15.4 Å². The molecule has 0 bridgehead atoms. The van der Waals surface area contributed by atoms with Crippen LogP contribution in [0.1, 0.15) is 23.7 Å². The van der Waals surface area contributed by atoms with Crippen LogP contribution in [-0.4, -0.2) is 17.9 Å². The molecule has 0 aromatic heterocycles. The zero-order chi connectivity index (χ0) is 24.6. The number of anilines is 2. The highest BCUT2D eigenvalue weighted by Gasteiger charge is 2.19. The molecule has 2 N–H and O–H groups in total. The van der Waals surface area contributed by atoms with E-state index in [1.165, 1.54) is 24.3 Å². The van der Waals surface area contributed by atoms with E-state index in [9.17, 15) is 14.0 Å². The van der Waals surface area contributed by atoms with Crippen molar-refractivity contribution in [2.75, 3.05) is 10.6 Å². The zero-order valence-corrected chi connectivity index (χ0v) is 19.2. The average Bonchev–Trinajstić information content (AvgIpc) is 2.89. The quantitative estimate of drug-likeness (QED) is 0.308. The molecule has 4 aromatic carbocycles. The third-order valence-electron chi connectivity index (χ3n) is 5.40. The van der Waals surface area contributed by atoms with Crippen LogP contribution in [0.25, 0.3) is 11.1 Å². The van der Waals surface area contributed by atoms with Crippen molar-refractivity contribution in [2.45, 2.75) is 19.4 Å². The van der Waals surface area contributed by atoms with Gasteiger partial charge in [-0.15, -0.1) is 0 Å². The van der Waals surface area contributed by atoms with E-state index in [4.69, 9.17) is 4.74 Å². The van der Waals surface area contributed by atoms with Gasteiger partial charge in [0.25, 0.3) is 11.8 Å². The van der Waals surface area contributed by atoms with E-state index in [1.807, 2.05) is 61.5 Å². The summed E-state index contributed by atoms with van der Waals surface area (Å²) in [7, 11) is 0. The minimum Gasteiger partial charge on any atom is -0.481 e. The maximum atomic E-state index is 13.1. The van der Waals surface area contributed by atoms with Crippen molar-refractivity contribution in [1.29, 1.82) is 0 Å². The molecule has 6 heteroatoms. The molecule has 0 heterocycles. The molecule has 0 spiro atoms. The SMILES string of the molecule is CCC(Oc1ccc(-c2ccccc2)cc1)C(=O)Nc1cccc(C(=O)Nc2ccc(F)cc2)c1. The van der Waals surface area contributed by atoms with Crippen LogP contribution in [0, 0.1) is 5.82 Å². The van der Waals surface area contributed by atoms with Gasteiger partial charge in [-0.05, 0) is 72.1 Å². The molecule has 0 aliphatic heterocycles. The van der Waals surface area contributed by atoms with Gasteiger partial charge in [0, 0.05) is 16.9 Å². The summed E-state index contributed by atoms with van der Waals surface area (Å²) < 4.78 is 19.0. The first-order valence-electron chi connectivity index (χ1n) is 11.3. The van der Waals surface area contributed by atoms with Crippen molar-refractivity contribution >= 4 is 23.2 Å². The highest BCUT2D eigenvalue weighted by Crippen LogP contribution is 2.23. The molecular weight excluding hydrogens is 443 g/mol. The average molecular weight is 469 g/mol. The Morgan fingerprint density at radius 2 is 1.46 bits per heavy atom. The number of carbonyl (C=O) groups excluding carboxylic acids is 2. The predicted octanol–water partition coefficient (Wildman–Crippen LogP) is 6.54. The van der Waals surface area contributed by atoms with Gasteiger partial charge in [0.15, 0.2) is 6.10 Å². The first kappa shape index (κ1) is 23.7. The van der Waals surface area contributed by atoms with Gasteiger partial charge in [-0.1, -0.05) is 55.5 Å². The van der Waals surface area contributed by atoms with Crippen LogP contribution in [0.5, 0.6) is 5.75 Å². The van der Waals surface area contributed by atoms with E-state index in [0.29, 0.717) is 29.1 Å². The highest BCUT2D eigenvalue weighted by molar-refractivity contribution is 6.05. The maximum Gasteiger partial charge on any atom is 0.265 e. The number of ether oxygens (including phenoxy) is 1. The van der Waals surface area contributed by atoms with Crippen molar-refractivity contribution in [2.24, 2.45) is 0 Å². The van der Waals surface area contributed by atoms with E-state index in [0.717, 1.165) is 11.1 Å². The normalized spacial score (nSPS) is 11.4. The fraction of sp³-hybridized carbons (Fsp3) is 0.103. The van der Waals surface area contributed by atoms with Crippen LogP contribution in [-0.2, 0) is 4.79 Å². The first-order valence-corrected chi connectivity index (χ1v) is 11.3. The summed E-state index contributed by atoms with van der Waals surface area (Å²) in [5.41, 5.74) is 3.47. The Morgan fingerprint density at radius 1 is 0.771 bits per heavy atom. The molecular formula is C29H25FN2O3. The second-order valence-corrected chi connectivity index (χ2v) is 7.94. The van der Waals surface area contributed by atoms with Crippen molar-refractivity contribution in [3.63, 3.8) is 0 Å². The number of hydrogen-bond donors (Lipinski definition) is 2. The summed E-state index contributed by atoms with van der Waals surface area (Å²) >= 11 is 0. The second kappa shape index (κ2) is 11.1. The van der Waals surface area contributed by atoms with Crippen molar-refractivity contribution < 1.29 is 18.7 Å². The summed E-state index contributed by atoms with van der Waals surface area (Å²) in [6.07, 6.45) is -0.230. The maximum absolute atomic E-state index is 13.1. The Kier molecular flexibility index (Phi) is 7.53. The largest absolute Gasteiger partial charge is 0.481 e. The zero-order valence-electron chi connectivity index (χ0n) is 19.2. The Bertz CT molecular complexity index is 1290. The first-order chi connectivity index (χ1) is 17.0. The molecule has 1 atom stereocenters. The van der Waals surface area contributed by atoms with Crippen LogP contribution < -0.4 is 15.4 Å². The molecule has 0 aliphatic carbocycles. The van der Waals surface area contributed by atoms with Gasteiger partial charge in [0.2, 0.25) is 0 Å². The number of nitrogens with one attached hydrogen (secondary N) is 2. The lowest BCUT2D eigenvalue weighted by molar-refractivity contribution is -0.122. The minimum atomic E-state index is -0.700. The molecule has 0 saturated carbocycles. The lowest BCUT2D eigenvalue weighted by Crippen LogP contribution is -2.32. The summed E-state index contributed by atoms with van der Waals surface area (Å²) in [4.78, 5) is 25.4. The molecule has 176 valence electrons. The Labute approximate surface area is 203 Å². The van der Waals surface area contributed by atoms with E-state index in [-0.39, 0.29) is 17.6 Å². The van der Waals surface area contributed by atoms with Crippen LogP contribution in [0.4, 0.5) is 15.8 Å². The molecule has 4 aromatic rings. The smallest absolute Gasteiger partial charge is 0.265 e. The van der Waals surface area contributed by atoms with E-state index in [2.05, 4.69) is 10.6 Å². The third kappa shape index (κ3) is 6.32. The van der Waals surface area contributed by atoms with E-state index >= 15 is 0 Å². The van der Waals surface area contributed by atoms with Crippen LogP contribution in [0.2, 0.25) is 0 Å². The lowest BCUT2D eigenvalue weighted by atomic mass is 10.1. The Balaban J connectivity index is 1.39. The topological polar surface area (TPSA) is 67.4 Å². The van der Waals surface area contributed by atoms with Crippen LogP contribution >= 0.6 is 0 Å². The molecule has 4 rings (SSSR count). The van der Waals surface area contributed by atoms with Gasteiger partial charge in [-0.2, -0.15) is 0 Å². The fourth-order valence-corrected chi connectivity index (χ4v) is 3.54. The Hall–Kier alpha value is -4.45. The standard InChI is InChI=1S/C29H25FN2O3/c1-2-27(35-26-17-11-21(12-18-26)20-7-4-3-5-8-20)29(34)32-25-10-6-9-22(19-25)28(33)31-24-15-13-23(30)14-16-24/h3-19,27H,2H2,1H3,(H,31,33)(H,32,34). The molecule has 35 heavy (non-hydrogen) atoms.